The van der Waals surface area contributed by atoms with E-state index in [-0.39, 0.29) is 5.91 Å². The van der Waals surface area contributed by atoms with E-state index in [0.717, 1.165) is 31.7 Å². The van der Waals surface area contributed by atoms with E-state index in [4.69, 9.17) is 0 Å². The molecule has 21 heavy (non-hydrogen) atoms. The number of carbonyl (C=O) groups excluding carboxylic acids is 1. The summed E-state index contributed by atoms with van der Waals surface area (Å²) >= 11 is 0. The fraction of sp³-hybridized carbons (Fsp3) is 0.588. The summed E-state index contributed by atoms with van der Waals surface area (Å²) in [6.07, 6.45) is 1.12. The van der Waals surface area contributed by atoms with Crippen LogP contribution in [-0.2, 0) is 11.3 Å². The van der Waals surface area contributed by atoms with Crippen LogP contribution >= 0.6 is 0 Å². The van der Waals surface area contributed by atoms with Gasteiger partial charge in [-0.1, -0.05) is 39.0 Å². The Morgan fingerprint density at radius 2 is 2.00 bits per heavy atom. The van der Waals surface area contributed by atoms with E-state index in [1.54, 1.807) is 0 Å². The number of anilines is 1. The summed E-state index contributed by atoms with van der Waals surface area (Å²) in [5.41, 5.74) is 2.34. The lowest BCUT2D eigenvalue weighted by Gasteiger charge is -2.22. The van der Waals surface area contributed by atoms with Crippen molar-refractivity contribution < 1.29 is 4.79 Å². The molecule has 4 heteroatoms. The van der Waals surface area contributed by atoms with Gasteiger partial charge in [-0.05, 0) is 30.5 Å². The molecule has 0 unspecified atom stereocenters. The maximum Gasteiger partial charge on any atom is 0.239 e. The Labute approximate surface area is 128 Å². The van der Waals surface area contributed by atoms with Crippen molar-refractivity contribution >= 4 is 11.6 Å². The average molecular weight is 291 g/mol. The molecule has 1 rings (SSSR count). The van der Waals surface area contributed by atoms with Crippen molar-refractivity contribution in [1.82, 2.24) is 10.6 Å². The maximum absolute atomic E-state index is 11.9. The van der Waals surface area contributed by atoms with Crippen molar-refractivity contribution in [3.8, 4) is 0 Å². The molecule has 0 bridgehead atoms. The lowest BCUT2D eigenvalue weighted by atomic mass is 10.1. The van der Waals surface area contributed by atoms with Gasteiger partial charge in [0.1, 0.15) is 0 Å². The van der Waals surface area contributed by atoms with Crippen LogP contribution in [0.5, 0.6) is 0 Å². The number of amides is 1. The van der Waals surface area contributed by atoms with Gasteiger partial charge in [0.2, 0.25) is 5.91 Å². The highest BCUT2D eigenvalue weighted by atomic mass is 16.2. The molecule has 1 aromatic rings. The van der Waals surface area contributed by atoms with Crippen molar-refractivity contribution in [2.45, 2.75) is 33.7 Å². The Morgan fingerprint density at radius 1 is 1.29 bits per heavy atom. The van der Waals surface area contributed by atoms with Gasteiger partial charge in [-0.2, -0.15) is 0 Å². The Balaban J connectivity index is 2.60. The van der Waals surface area contributed by atoms with Crippen LogP contribution in [0.15, 0.2) is 24.3 Å². The molecule has 2 N–H and O–H groups in total. The van der Waals surface area contributed by atoms with E-state index in [1.807, 2.05) is 24.1 Å². The number of carbonyl (C=O) groups is 1. The predicted octanol–water partition coefficient (Wildman–Crippen LogP) is 2.39. The largest absolute Gasteiger partial charge is 0.365 e. The van der Waals surface area contributed by atoms with Gasteiger partial charge >= 0.3 is 0 Å². The summed E-state index contributed by atoms with van der Waals surface area (Å²) in [5.74, 6) is 0.548. The zero-order valence-electron chi connectivity index (χ0n) is 13.8. The topological polar surface area (TPSA) is 44.4 Å². The average Bonchev–Trinajstić information content (AvgIpc) is 2.46. The Hall–Kier alpha value is -1.55. The van der Waals surface area contributed by atoms with Gasteiger partial charge in [-0.15, -0.1) is 0 Å². The molecule has 0 saturated carbocycles. The molecule has 1 aromatic carbocycles. The van der Waals surface area contributed by atoms with E-state index < -0.39 is 0 Å². The normalized spacial score (nSPS) is 10.7. The summed E-state index contributed by atoms with van der Waals surface area (Å²) in [5, 5.41) is 6.37. The van der Waals surface area contributed by atoms with Crippen LogP contribution in [0.2, 0.25) is 0 Å². The second kappa shape index (κ2) is 9.40. The number of para-hydroxylation sites is 1. The van der Waals surface area contributed by atoms with Crippen LogP contribution in [0.25, 0.3) is 0 Å². The van der Waals surface area contributed by atoms with Crippen molar-refractivity contribution in [3.05, 3.63) is 29.8 Å². The molecule has 0 aliphatic carbocycles. The fourth-order valence-electron chi connectivity index (χ4n) is 2.11. The number of hydrogen-bond acceptors (Lipinski definition) is 3. The Bertz CT molecular complexity index is 432. The van der Waals surface area contributed by atoms with Crippen LogP contribution < -0.4 is 15.5 Å². The minimum absolute atomic E-state index is 0.0718. The second-order valence-corrected chi connectivity index (χ2v) is 5.86. The highest BCUT2D eigenvalue weighted by molar-refractivity contribution is 5.81. The maximum atomic E-state index is 11.9. The van der Waals surface area contributed by atoms with Crippen LogP contribution in [0.1, 0.15) is 32.8 Å². The van der Waals surface area contributed by atoms with Gasteiger partial charge in [-0.3, -0.25) is 4.79 Å². The molecule has 0 spiro atoms. The lowest BCUT2D eigenvalue weighted by molar-refractivity contribution is -0.119. The molecular weight excluding hydrogens is 262 g/mol. The molecule has 0 radical (unpaired) electrons. The van der Waals surface area contributed by atoms with E-state index >= 15 is 0 Å². The van der Waals surface area contributed by atoms with E-state index in [2.05, 4.69) is 43.5 Å². The second-order valence-electron chi connectivity index (χ2n) is 5.86. The van der Waals surface area contributed by atoms with Crippen LogP contribution in [0.3, 0.4) is 0 Å². The standard InChI is InChI=1S/C17H29N3O/c1-5-10-18-12-15-8-6-7-9-16(15)20(4)13-17(21)19-11-14(2)3/h6-9,14,18H,5,10-13H2,1-4H3,(H,19,21). The number of nitrogens with one attached hydrogen (secondary N) is 2. The van der Waals surface area contributed by atoms with Gasteiger partial charge in [-0.25, -0.2) is 0 Å². The van der Waals surface area contributed by atoms with Crippen molar-refractivity contribution in [3.63, 3.8) is 0 Å². The molecule has 4 nitrogen and oxygen atoms in total. The van der Waals surface area contributed by atoms with Crippen molar-refractivity contribution in [2.24, 2.45) is 5.92 Å². The van der Waals surface area contributed by atoms with E-state index in [1.165, 1.54) is 5.56 Å². The molecule has 1 amide bonds. The monoisotopic (exact) mass is 291 g/mol. The van der Waals surface area contributed by atoms with Gasteiger partial charge in [0.15, 0.2) is 0 Å². The molecule has 0 aliphatic heterocycles. The summed E-state index contributed by atoms with van der Waals surface area (Å²) in [4.78, 5) is 13.9. The van der Waals surface area contributed by atoms with Crippen LogP contribution in [0, 0.1) is 5.92 Å². The molecule has 0 aliphatic rings. The number of benzene rings is 1. The molecule has 0 saturated heterocycles. The number of hydrogen-bond donors (Lipinski definition) is 2. The van der Waals surface area contributed by atoms with Crippen molar-refractivity contribution in [2.75, 3.05) is 31.6 Å². The third-order valence-corrected chi connectivity index (χ3v) is 3.23. The van der Waals surface area contributed by atoms with Crippen LogP contribution in [0.4, 0.5) is 5.69 Å². The first-order valence-electron chi connectivity index (χ1n) is 7.81. The highest BCUT2D eigenvalue weighted by Crippen LogP contribution is 2.18. The van der Waals surface area contributed by atoms with Gasteiger partial charge in [0.05, 0.1) is 6.54 Å². The molecule has 0 fully saturated rings. The van der Waals surface area contributed by atoms with E-state index in [0.29, 0.717) is 12.5 Å². The molecule has 0 heterocycles. The first-order valence-corrected chi connectivity index (χ1v) is 7.81. The van der Waals surface area contributed by atoms with Crippen molar-refractivity contribution in [1.29, 1.82) is 0 Å². The fourth-order valence-corrected chi connectivity index (χ4v) is 2.11. The smallest absolute Gasteiger partial charge is 0.239 e. The summed E-state index contributed by atoms with van der Waals surface area (Å²) in [6.45, 7) is 9.31. The zero-order chi connectivity index (χ0) is 15.7. The summed E-state index contributed by atoms with van der Waals surface area (Å²) in [7, 11) is 1.97. The van der Waals surface area contributed by atoms with E-state index in [9.17, 15) is 4.79 Å². The third-order valence-electron chi connectivity index (χ3n) is 3.23. The zero-order valence-corrected chi connectivity index (χ0v) is 13.8. The third kappa shape index (κ3) is 6.63. The number of nitrogens with zero attached hydrogens (tertiary/aromatic N) is 1. The Morgan fingerprint density at radius 3 is 2.67 bits per heavy atom. The quantitative estimate of drug-likeness (QED) is 0.687. The Kier molecular flexibility index (Phi) is 7.83. The molecule has 118 valence electrons. The minimum Gasteiger partial charge on any atom is -0.365 e. The minimum atomic E-state index is 0.0718. The summed E-state index contributed by atoms with van der Waals surface area (Å²) in [6, 6.07) is 8.24. The van der Waals surface area contributed by atoms with Crippen LogP contribution in [-0.4, -0.2) is 32.6 Å². The van der Waals surface area contributed by atoms with Gasteiger partial charge in [0.25, 0.3) is 0 Å². The van der Waals surface area contributed by atoms with Gasteiger partial charge in [0, 0.05) is 25.8 Å². The first kappa shape index (κ1) is 17.5. The summed E-state index contributed by atoms with van der Waals surface area (Å²) < 4.78 is 0. The molecule has 0 atom stereocenters. The SMILES string of the molecule is CCCNCc1ccccc1N(C)CC(=O)NCC(C)C. The molecular formula is C17H29N3O. The number of rotatable bonds is 9. The predicted molar refractivity (Wildman–Crippen MR) is 89.6 cm³/mol. The first-order chi connectivity index (χ1) is 10.0. The lowest BCUT2D eigenvalue weighted by Crippen LogP contribution is -2.37. The highest BCUT2D eigenvalue weighted by Gasteiger charge is 2.10. The van der Waals surface area contributed by atoms with Gasteiger partial charge < -0.3 is 15.5 Å². The number of likely N-dealkylation sites (N-methyl/N-ethyl adjacent to an activating group) is 1. The molecule has 0 aromatic heterocycles.